The number of H-pyrrole nitrogens is 1. The number of nitrogens with one attached hydrogen (secondary N) is 1. The number of ether oxygens (including phenoxy) is 1. The Kier molecular flexibility index (Phi) is 6.42. The van der Waals surface area contributed by atoms with Gasteiger partial charge in [0.1, 0.15) is 13.7 Å². The van der Waals surface area contributed by atoms with Gasteiger partial charge in [0.25, 0.3) is 0 Å². The van der Waals surface area contributed by atoms with Crippen molar-refractivity contribution < 1.29 is 18.9 Å². The fourth-order valence-electron chi connectivity index (χ4n) is 3.30. The van der Waals surface area contributed by atoms with E-state index in [1.54, 1.807) is 18.2 Å². The number of nitrogens with zero attached hydrogens (tertiary/aromatic N) is 1. The molecule has 5 heteroatoms. The molecule has 0 fully saturated rings. The third-order valence-corrected chi connectivity index (χ3v) is 4.71. The van der Waals surface area contributed by atoms with Crippen molar-refractivity contribution in [3.63, 3.8) is 0 Å². The maximum absolute atomic E-state index is 12.6. The van der Waals surface area contributed by atoms with Gasteiger partial charge in [0.05, 0.1) is 12.1 Å². The van der Waals surface area contributed by atoms with Gasteiger partial charge in [-0.3, -0.25) is 9.59 Å². The van der Waals surface area contributed by atoms with Crippen molar-refractivity contribution in [1.29, 1.82) is 0 Å². The number of carbonyl (C=O) groups excluding carboxylic acids is 2. The Hall–Kier alpha value is -3.73. The number of fused-ring (bicyclic) bond motifs is 1. The zero-order chi connectivity index (χ0) is 20.2. The Morgan fingerprint density at radius 2 is 1.77 bits per heavy atom. The highest BCUT2D eigenvalue weighted by Crippen LogP contribution is 2.20. The van der Waals surface area contributed by atoms with Gasteiger partial charge in [0.15, 0.2) is 18.2 Å². The van der Waals surface area contributed by atoms with Crippen LogP contribution in [-0.2, 0) is 29.6 Å². The summed E-state index contributed by atoms with van der Waals surface area (Å²) in [4.78, 5) is 28.0. The first-order chi connectivity index (χ1) is 14.1. The monoisotopic (exact) mass is 401 g/mol. The molecule has 4 aromatic rings. The molecule has 0 spiro atoms. The summed E-state index contributed by atoms with van der Waals surface area (Å²) in [5, 5.41) is 0.910. The van der Waals surface area contributed by atoms with Crippen LogP contribution in [0.15, 0.2) is 79.1 Å². The van der Waals surface area contributed by atoms with Crippen molar-refractivity contribution in [3.05, 3.63) is 102 Å². The molecule has 0 aliphatic rings. The summed E-state index contributed by atoms with van der Waals surface area (Å²) in [5.74, 6) is -0.299. The van der Waals surface area contributed by atoms with Crippen molar-refractivity contribution in [2.75, 3.05) is 0 Å². The van der Waals surface area contributed by atoms with Crippen LogP contribution in [0.2, 0.25) is 0 Å². The highest BCUT2D eigenvalue weighted by atomic mass is 16.5. The first kappa shape index (κ1) is 21.0. The molecule has 30 heavy (non-hydrogen) atoms. The second-order valence-corrected chi connectivity index (χ2v) is 7.01. The van der Waals surface area contributed by atoms with E-state index in [9.17, 15) is 9.59 Å². The maximum atomic E-state index is 12.6. The van der Waals surface area contributed by atoms with E-state index in [2.05, 4.69) is 4.98 Å². The third-order valence-electron chi connectivity index (χ3n) is 4.71. The molecule has 0 saturated heterocycles. The highest BCUT2D eigenvalue weighted by Gasteiger charge is 2.12. The van der Waals surface area contributed by atoms with Gasteiger partial charge in [-0.1, -0.05) is 37.8 Å². The second kappa shape index (κ2) is 9.18. The molecule has 0 unspecified atom stereocenters. The van der Waals surface area contributed by atoms with Crippen LogP contribution in [0.25, 0.3) is 10.9 Å². The Bertz CT molecular complexity index is 1180. The Morgan fingerprint density at radius 3 is 2.53 bits per heavy atom. The Balaban J connectivity index is 0.00000256. The average Bonchev–Trinajstić information content (AvgIpc) is 3.14. The van der Waals surface area contributed by atoms with Crippen molar-refractivity contribution in [2.45, 2.75) is 20.5 Å². The number of hydrogen-bond donors (Lipinski definition) is 1. The normalized spacial score (nSPS) is 10.4. The number of aromatic nitrogens is 2. The molecule has 152 valence electrons. The summed E-state index contributed by atoms with van der Waals surface area (Å²) in [6.07, 6.45) is 4.04. The van der Waals surface area contributed by atoms with E-state index in [0.29, 0.717) is 11.1 Å². The second-order valence-electron chi connectivity index (χ2n) is 7.01. The van der Waals surface area contributed by atoms with Crippen molar-refractivity contribution in [1.82, 2.24) is 4.98 Å². The summed E-state index contributed by atoms with van der Waals surface area (Å²) in [7, 11) is 1.91. The van der Waals surface area contributed by atoms with Gasteiger partial charge in [-0.15, -0.1) is 0 Å². The standard InChI is InChI=1S/C24H20N2O3.CH4/c1-26-11-5-6-17(15-26)12-23(27)29-16-21-14-20-13-19(9-10-22(20)25-21)24(28)18-7-3-2-4-8-18;/h2-11,13-15H,12,16H2,1H3;1H4/p+1. The lowest BCUT2D eigenvalue weighted by atomic mass is 10.0. The molecular formula is C25H25N2O3+. The molecule has 0 radical (unpaired) electrons. The number of aryl methyl sites for hydroxylation is 1. The zero-order valence-corrected chi connectivity index (χ0v) is 16.1. The van der Waals surface area contributed by atoms with Crippen LogP contribution >= 0.6 is 0 Å². The number of aromatic amines is 1. The number of benzene rings is 2. The summed E-state index contributed by atoms with van der Waals surface area (Å²) in [6, 6.07) is 20.4. The lowest BCUT2D eigenvalue weighted by molar-refractivity contribution is -0.671. The minimum Gasteiger partial charge on any atom is -0.459 e. The van der Waals surface area contributed by atoms with Crippen LogP contribution in [0.1, 0.15) is 34.6 Å². The van der Waals surface area contributed by atoms with Gasteiger partial charge in [-0.25, -0.2) is 4.57 Å². The van der Waals surface area contributed by atoms with Crippen molar-refractivity contribution in [3.8, 4) is 0 Å². The number of pyridine rings is 1. The first-order valence-corrected chi connectivity index (χ1v) is 9.40. The summed E-state index contributed by atoms with van der Waals surface area (Å²) >= 11 is 0. The Labute approximate surface area is 175 Å². The van der Waals surface area contributed by atoms with Gasteiger partial charge >= 0.3 is 5.97 Å². The lowest BCUT2D eigenvalue weighted by Crippen LogP contribution is -2.27. The zero-order valence-electron chi connectivity index (χ0n) is 16.1. The number of esters is 1. The molecule has 0 saturated carbocycles. The quantitative estimate of drug-likeness (QED) is 0.300. The number of carbonyl (C=O) groups is 2. The first-order valence-electron chi connectivity index (χ1n) is 9.40. The molecule has 2 aromatic heterocycles. The van der Waals surface area contributed by atoms with Gasteiger partial charge in [0.2, 0.25) is 0 Å². The SMILES string of the molecule is C.C[n+]1cccc(CC(=O)OCc2cc3cc(C(=O)c4ccccc4)ccc3[nH]2)c1. The summed E-state index contributed by atoms with van der Waals surface area (Å²) < 4.78 is 7.30. The van der Waals surface area contributed by atoms with Gasteiger partial charge in [-0.2, -0.15) is 0 Å². The minimum atomic E-state index is -0.283. The fourth-order valence-corrected chi connectivity index (χ4v) is 3.30. The molecule has 0 amide bonds. The van der Waals surface area contributed by atoms with E-state index < -0.39 is 0 Å². The van der Waals surface area contributed by atoms with Crippen LogP contribution < -0.4 is 4.57 Å². The van der Waals surface area contributed by atoms with Crippen LogP contribution in [0, 0.1) is 0 Å². The van der Waals surface area contributed by atoms with Crippen molar-refractivity contribution >= 4 is 22.7 Å². The maximum Gasteiger partial charge on any atom is 0.310 e. The molecule has 0 aliphatic heterocycles. The van der Waals surface area contributed by atoms with Gasteiger partial charge in [0, 0.05) is 33.7 Å². The molecule has 0 bridgehead atoms. The van der Waals surface area contributed by atoms with E-state index >= 15 is 0 Å². The minimum absolute atomic E-state index is 0. The van der Waals surface area contributed by atoms with E-state index in [0.717, 1.165) is 22.2 Å². The van der Waals surface area contributed by atoms with Gasteiger partial charge < -0.3 is 9.72 Å². The summed E-state index contributed by atoms with van der Waals surface area (Å²) in [6.45, 7) is 0.161. The molecule has 0 atom stereocenters. The van der Waals surface area contributed by atoms with Crippen LogP contribution in [0.3, 0.4) is 0 Å². The number of rotatable bonds is 6. The molecule has 2 aromatic carbocycles. The molecule has 5 nitrogen and oxygen atoms in total. The fraction of sp³-hybridized carbons (Fsp3) is 0.160. The van der Waals surface area contributed by atoms with E-state index in [-0.39, 0.29) is 32.2 Å². The van der Waals surface area contributed by atoms with Crippen LogP contribution in [0.4, 0.5) is 0 Å². The van der Waals surface area contributed by atoms with E-state index in [1.165, 1.54) is 0 Å². The van der Waals surface area contributed by atoms with E-state index in [1.807, 2.05) is 72.5 Å². The number of hydrogen-bond acceptors (Lipinski definition) is 3. The third kappa shape index (κ3) is 4.81. The molecular weight excluding hydrogens is 376 g/mol. The molecule has 0 aliphatic carbocycles. The topological polar surface area (TPSA) is 63.0 Å². The number of ketones is 1. The summed E-state index contributed by atoms with van der Waals surface area (Å²) in [5.41, 5.74) is 3.88. The average molecular weight is 401 g/mol. The predicted molar refractivity (Wildman–Crippen MR) is 116 cm³/mol. The van der Waals surface area contributed by atoms with Gasteiger partial charge in [-0.05, 0) is 30.3 Å². The van der Waals surface area contributed by atoms with E-state index in [4.69, 9.17) is 4.74 Å². The highest BCUT2D eigenvalue weighted by molar-refractivity contribution is 6.10. The molecule has 1 N–H and O–H groups in total. The largest absolute Gasteiger partial charge is 0.459 e. The van der Waals surface area contributed by atoms with Crippen LogP contribution in [0.5, 0.6) is 0 Å². The van der Waals surface area contributed by atoms with Crippen LogP contribution in [-0.4, -0.2) is 16.7 Å². The molecule has 4 rings (SSSR count). The predicted octanol–water partition coefficient (Wildman–Crippen LogP) is 4.15. The Morgan fingerprint density at radius 1 is 0.967 bits per heavy atom. The lowest BCUT2D eigenvalue weighted by Gasteiger charge is -2.02. The smallest absolute Gasteiger partial charge is 0.310 e. The van der Waals surface area contributed by atoms with Crippen molar-refractivity contribution in [2.24, 2.45) is 7.05 Å². The molecule has 2 heterocycles.